The summed E-state index contributed by atoms with van der Waals surface area (Å²) in [5.74, 6) is 0.743. The second-order valence-corrected chi connectivity index (χ2v) is 7.63. The molecule has 0 amide bonds. The summed E-state index contributed by atoms with van der Waals surface area (Å²) < 4.78 is 2.36. The zero-order valence-corrected chi connectivity index (χ0v) is 14.7. The van der Waals surface area contributed by atoms with Crippen LogP contribution in [0.25, 0.3) is 0 Å². The summed E-state index contributed by atoms with van der Waals surface area (Å²) in [5, 5.41) is 3.50. The standard InChI is InChI=1S/C13H21Br2NS/c1-4-6-9(7-5-2)12(16-3)11-8-10(14)13(15)17-11/h8-9,12,16H,4-7H2,1-3H3. The molecule has 1 rings (SSSR count). The zero-order valence-electron chi connectivity index (χ0n) is 10.7. The Morgan fingerprint density at radius 1 is 1.24 bits per heavy atom. The predicted octanol–water partition coefficient (Wildman–Crippen LogP) is 5.75. The van der Waals surface area contributed by atoms with Gasteiger partial charge in [-0.15, -0.1) is 11.3 Å². The first-order chi connectivity index (χ1) is 8.13. The van der Waals surface area contributed by atoms with Gasteiger partial charge in [-0.25, -0.2) is 0 Å². The van der Waals surface area contributed by atoms with Crippen LogP contribution >= 0.6 is 43.2 Å². The molecule has 17 heavy (non-hydrogen) atoms. The first kappa shape index (κ1) is 15.7. The average molecular weight is 383 g/mol. The van der Waals surface area contributed by atoms with E-state index in [1.165, 1.54) is 38.8 Å². The molecule has 98 valence electrons. The van der Waals surface area contributed by atoms with Gasteiger partial charge >= 0.3 is 0 Å². The molecule has 0 saturated carbocycles. The fourth-order valence-electron chi connectivity index (χ4n) is 2.35. The lowest BCUT2D eigenvalue weighted by Crippen LogP contribution is -2.24. The van der Waals surface area contributed by atoms with Crippen LogP contribution in [0.5, 0.6) is 0 Å². The van der Waals surface area contributed by atoms with Gasteiger partial charge in [-0.1, -0.05) is 26.7 Å². The van der Waals surface area contributed by atoms with E-state index in [1.807, 2.05) is 11.3 Å². The van der Waals surface area contributed by atoms with E-state index < -0.39 is 0 Å². The van der Waals surface area contributed by atoms with Crippen LogP contribution in [0.2, 0.25) is 0 Å². The Kier molecular flexibility index (Phi) is 7.31. The molecule has 1 unspecified atom stereocenters. The molecule has 4 heteroatoms. The Labute approximate surface area is 126 Å². The summed E-state index contributed by atoms with van der Waals surface area (Å²) in [6.07, 6.45) is 5.12. The minimum Gasteiger partial charge on any atom is -0.312 e. The Morgan fingerprint density at radius 2 is 1.82 bits per heavy atom. The summed E-state index contributed by atoms with van der Waals surface area (Å²) in [7, 11) is 2.07. The lowest BCUT2D eigenvalue weighted by Gasteiger charge is -2.25. The molecule has 1 aromatic rings. The van der Waals surface area contributed by atoms with E-state index in [9.17, 15) is 0 Å². The van der Waals surface area contributed by atoms with Gasteiger partial charge in [-0.2, -0.15) is 0 Å². The topological polar surface area (TPSA) is 12.0 Å². The lowest BCUT2D eigenvalue weighted by molar-refractivity contribution is 0.335. The van der Waals surface area contributed by atoms with E-state index >= 15 is 0 Å². The van der Waals surface area contributed by atoms with Crippen LogP contribution in [-0.4, -0.2) is 7.05 Å². The molecule has 0 bridgehead atoms. The number of hydrogen-bond donors (Lipinski definition) is 1. The molecular weight excluding hydrogens is 362 g/mol. The molecule has 0 aliphatic rings. The van der Waals surface area contributed by atoms with Crippen LogP contribution in [0, 0.1) is 5.92 Å². The maximum absolute atomic E-state index is 3.58. The molecule has 0 radical (unpaired) electrons. The maximum Gasteiger partial charge on any atom is 0.0843 e. The molecule has 0 spiro atoms. The SMILES string of the molecule is CCCC(CCC)C(NC)c1cc(Br)c(Br)s1. The lowest BCUT2D eigenvalue weighted by atomic mass is 9.89. The van der Waals surface area contributed by atoms with Gasteiger partial charge in [0.25, 0.3) is 0 Å². The van der Waals surface area contributed by atoms with Crippen LogP contribution < -0.4 is 5.32 Å². The molecule has 1 atom stereocenters. The number of rotatable bonds is 7. The molecule has 0 fully saturated rings. The van der Waals surface area contributed by atoms with E-state index in [2.05, 4.69) is 64.1 Å². The van der Waals surface area contributed by atoms with Crippen molar-refractivity contribution in [1.82, 2.24) is 5.32 Å². The highest BCUT2D eigenvalue weighted by molar-refractivity contribution is 9.13. The Hall–Kier alpha value is 0.620. The normalized spacial score (nSPS) is 13.3. The molecule has 1 N–H and O–H groups in total. The molecule has 1 aromatic heterocycles. The van der Waals surface area contributed by atoms with Crippen molar-refractivity contribution in [1.29, 1.82) is 0 Å². The summed E-state index contributed by atoms with van der Waals surface area (Å²) in [6.45, 7) is 4.55. The minimum atomic E-state index is 0.488. The Bertz CT molecular complexity index is 313. The molecule has 1 nitrogen and oxygen atoms in total. The summed E-state index contributed by atoms with van der Waals surface area (Å²) in [5.41, 5.74) is 0. The number of hydrogen-bond acceptors (Lipinski definition) is 2. The van der Waals surface area contributed by atoms with Crippen molar-refractivity contribution in [2.75, 3.05) is 7.05 Å². The van der Waals surface area contributed by atoms with E-state index in [-0.39, 0.29) is 0 Å². The predicted molar refractivity (Wildman–Crippen MR) is 84.8 cm³/mol. The van der Waals surface area contributed by atoms with Crippen LogP contribution in [0.15, 0.2) is 14.3 Å². The monoisotopic (exact) mass is 381 g/mol. The fraction of sp³-hybridized carbons (Fsp3) is 0.692. The van der Waals surface area contributed by atoms with Gasteiger partial charge < -0.3 is 5.32 Å². The van der Waals surface area contributed by atoms with Crippen molar-refractivity contribution in [3.05, 3.63) is 19.2 Å². The third-order valence-corrected chi connectivity index (χ3v) is 6.41. The van der Waals surface area contributed by atoms with Crippen molar-refractivity contribution in [3.8, 4) is 0 Å². The molecule has 0 aromatic carbocycles. The second-order valence-electron chi connectivity index (χ2n) is 4.37. The highest BCUT2D eigenvalue weighted by Gasteiger charge is 2.22. The van der Waals surface area contributed by atoms with E-state index in [0.29, 0.717) is 6.04 Å². The van der Waals surface area contributed by atoms with Gasteiger partial charge in [0.05, 0.1) is 3.79 Å². The van der Waals surface area contributed by atoms with Gasteiger partial charge in [0.1, 0.15) is 0 Å². The molecule has 0 aliphatic carbocycles. The molecule has 0 aliphatic heterocycles. The van der Waals surface area contributed by atoms with Gasteiger partial charge in [0.2, 0.25) is 0 Å². The van der Waals surface area contributed by atoms with Gasteiger partial charge in [0.15, 0.2) is 0 Å². The third kappa shape index (κ3) is 4.34. The molecular formula is C13H21Br2NS. The van der Waals surface area contributed by atoms with Crippen molar-refractivity contribution in [3.63, 3.8) is 0 Å². The summed E-state index contributed by atoms with van der Waals surface area (Å²) in [4.78, 5) is 1.43. The maximum atomic E-state index is 3.58. The van der Waals surface area contributed by atoms with E-state index in [4.69, 9.17) is 0 Å². The summed E-state index contributed by atoms with van der Waals surface area (Å²) >= 11 is 9.00. The van der Waals surface area contributed by atoms with Gasteiger partial charge in [0, 0.05) is 15.4 Å². The number of halogens is 2. The van der Waals surface area contributed by atoms with Gasteiger partial charge in [-0.3, -0.25) is 0 Å². The van der Waals surface area contributed by atoms with Crippen molar-refractivity contribution in [2.24, 2.45) is 5.92 Å². The number of nitrogens with one attached hydrogen (secondary N) is 1. The third-order valence-electron chi connectivity index (χ3n) is 3.07. The largest absolute Gasteiger partial charge is 0.312 e. The van der Waals surface area contributed by atoms with Crippen molar-refractivity contribution < 1.29 is 0 Å². The summed E-state index contributed by atoms with van der Waals surface area (Å²) in [6, 6.07) is 2.73. The Balaban J connectivity index is 2.86. The fourth-order valence-corrected chi connectivity index (χ4v) is 4.64. The number of thiophene rings is 1. The van der Waals surface area contributed by atoms with Gasteiger partial charge in [-0.05, 0) is 63.7 Å². The smallest absolute Gasteiger partial charge is 0.0843 e. The highest BCUT2D eigenvalue weighted by atomic mass is 79.9. The van der Waals surface area contributed by atoms with Crippen LogP contribution in [-0.2, 0) is 0 Å². The average Bonchev–Trinajstić information content (AvgIpc) is 2.61. The minimum absolute atomic E-state index is 0.488. The van der Waals surface area contributed by atoms with Crippen LogP contribution in [0.4, 0.5) is 0 Å². The van der Waals surface area contributed by atoms with Crippen LogP contribution in [0.3, 0.4) is 0 Å². The van der Waals surface area contributed by atoms with Crippen molar-refractivity contribution >= 4 is 43.2 Å². The zero-order chi connectivity index (χ0) is 12.8. The van der Waals surface area contributed by atoms with Crippen LogP contribution in [0.1, 0.15) is 50.4 Å². The Morgan fingerprint density at radius 3 is 2.18 bits per heavy atom. The molecule has 0 saturated heterocycles. The first-order valence-electron chi connectivity index (χ1n) is 6.25. The first-order valence-corrected chi connectivity index (χ1v) is 8.66. The molecule has 1 heterocycles. The quantitative estimate of drug-likeness (QED) is 0.632. The van der Waals surface area contributed by atoms with E-state index in [1.54, 1.807) is 0 Å². The highest BCUT2D eigenvalue weighted by Crippen LogP contribution is 2.39. The van der Waals surface area contributed by atoms with E-state index in [0.717, 1.165) is 5.92 Å². The van der Waals surface area contributed by atoms with Crippen molar-refractivity contribution in [2.45, 2.75) is 45.6 Å². The second kappa shape index (κ2) is 7.93.